The zero-order valence-electron chi connectivity index (χ0n) is 11.9. The normalized spacial score (nSPS) is 12.9. The smallest absolute Gasteiger partial charge is 0.251 e. The maximum Gasteiger partial charge on any atom is 0.251 e. The van der Waals surface area contributed by atoms with Crippen LogP contribution in [0.4, 0.5) is 0 Å². The van der Waals surface area contributed by atoms with Crippen LogP contribution in [0.3, 0.4) is 0 Å². The molecular weight excluding hydrogens is 272 g/mol. The highest BCUT2D eigenvalue weighted by molar-refractivity contribution is 5.76. The molecule has 0 aromatic heterocycles. The summed E-state index contributed by atoms with van der Waals surface area (Å²) in [6.07, 6.45) is 1.51. The molecule has 0 aliphatic rings. The first kappa shape index (κ1) is 16.9. The highest BCUT2D eigenvalue weighted by Crippen LogP contribution is 1.98. The third-order valence-electron chi connectivity index (χ3n) is 2.80. The Kier molecular flexibility index (Phi) is 7.77. The molecule has 1 aromatic rings. The monoisotopic (exact) mass is 294 g/mol. The predicted octanol–water partition coefficient (Wildman–Crippen LogP) is -0.0203. The van der Waals surface area contributed by atoms with E-state index in [9.17, 15) is 10.1 Å². The van der Waals surface area contributed by atoms with E-state index >= 15 is 0 Å². The van der Waals surface area contributed by atoms with E-state index in [-0.39, 0.29) is 12.0 Å². The van der Waals surface area contributed by atoms with Gasteiger partial charge in [0.15, 0.2) is 5.03 Å². The van der Waals surface area contributed by atoms with Gasteiger partial charge in [-0.1, -0.05) is 35.8 Å². The fourth-order valence-electron chi connectivity index (χ4n) is 1.78. The summed E-state index contributed by atoms with van der Waals surface area (Å²) in [5, 5.41) is 12.6. The number of guanidine groups is 1. The summed E-state index contributed by atoms with van der Waals surface area (Å²) in [6, 6.07) is 10.1. The fourth-order valence-corrected chi connectivity index (χ4v) is 1.78. The molecule has 21 heavy (non-hydrogen) atoms. The lowest BCUT2D eigenvalue weighted by Gasteiger charge is -2.12. The van der Waals surface area contributed by atoms with Gasteiger partial charge in [-0.15, -0.1) is 0 Å². The van der Waals surface area contributed by atoms with Crippen LogP contribution >= 0.6 is 0 Å². The molecule has 6 N–H and O–H groups in total. The topological polar surface area (TPSA) is 132 Å². The van der Waals surface area contributed by atoms with Gasteiger partial charge < -0.3 is 16.8 Å². The molecule has 8 heteroatoms. The standard InChI is InChI=1S/C13H22N6O2/c14-12(7-4-8-17-13(15)18-19(20)21)10-16-9-11-5-2-1-3-6-11/h1-3,5-6,12,16H,4,7-10,14H2,(H3,15,17,18)/t12-/m0/s1. The summed E-state index contributed by atoms with van der Waals surface area (Å²) < 4.78 is 0. The van der Waals surface area contributed by atoms with Gasteiger partial charge in [-0.3, -0.25) is 0 Å². The molecule has 1 atom stereocenters. The first-order chi connectivity index (χ1) is 10.1. The maximum atomic E-state index is 10.1. The predicted molar refractivity (Wildman–Crippen MR) is 82.0 cm³/mol. The second-order valence-corrected chi connectivity index (χ2v) is 4.65. The Balaban J connectivity index is 2.08. The summed E-state index contributed by atoms with van der Waals surface area (Å²) in [7, 11) is 0. The van der Waals surface area contributed by atoms with Crippen molar-refractivity contribution in [2.75, 3.05) is 13.1 Å². The van der Waals surface area contributed by atoms with Crippen molar-refractivity contribution in [1.82, 2.24) is 10.7 Å². The van der Waals surface area contributed by atoms with Gasteiger partial charge in [0.05, 0.1) is 0 Å². The number of aliphatic imine (C=N–C) groups is 1. The van der Waals surface area contributed by atoms with Crippen LogP contribution in [0.2, 0.25) is 0 Å². The average molecular weight is 294 g/mol. The summed E-state index contributed by atoms with van der Waals surface area (Å²) in [5.74, 6) is -0.184. The second kappa shape index (κ2) is 9.67. The number of hydrogen-bond acceptors (Lipinski definition) is 5. The van der Waals surface area contributed by atoms with E-state index in [0.717, 1.165) is 19.4 Å². The molecule has 0 aliphatic heterocycles. The Hall–Kier alpha value is -2.19. The average Bonchev–Trinajstić information content (AvgIpc) is 2.44. The number of nitrogens with two attached hydrogens (primary N) is 2. The van der Waals surface area contributed by atoms with Crippen LogP contribution in [0.1, 0.15) is 18.4 Å². The number of nitrogens with one attached hydrogen (secondary N) is 2. The molecule has 0 aliphatic carbocycles. The lowest BCUT2D eigenvalue weighted by atomic mass is 10.1. The van der Waals surface area contributed by atoms with E-state index in [1.165, 1.54) is 5.56 Å². The third-order valence-corrected chi connectivity index (χ3v) is 2.80. The molecule has 0 saturated carbocycles. The Morgan fingerprint density at radius 1 is 1.38 bits per heavy atom. The van der Waals surface area contributed by atoms with Crippen molar-refractivity contribution < 1.29 is 5.03 Å². The van der Waals surface area contributed by atoms with Gasteiger partial charge in [0.2, 0.25) is 0 Å². The Bertz CT molecular complexity index is 451. The molecule has 0 unspecified atom stereocenters. The summed E-state index contributed by atoms with van der Waals surface area (Å²) in [6.45, 7) is 1.91. The SMILES string of the molecule is NC(=NCCC[C@H](N)CNCc1ccccc1)N[N+](=O)[O-]. The van der Waals surface area contributed by atoms with Crippen LogP contribution in [0.15, 0.2) is 35.3 Å². The van der Waals surface area contributed by atoms with Gasteiger partial charge in [0.1, 0.15) is 0 Å². The van der Waals surface area contributed by atoms with E-state index in [4.69, 9.17) is 11.5 Å². The quantitative estimate of drug-likeness (QED) is 0.166. The largest absolute Gasteiger partial charge is 0.365 e. The number of nitro groups is 1. The van der Waals surface area contributed by atoms with Gasteiger partial charge in [-0.05, 0) is 18.4 Å². The van der Waals surface area contributed by atoms with Crippen LogP contribution in [-0.2, 0) is 6.54 Å². The molecule has 0 bridgehead atoms. The number of nitrogens with zero attached hydrogens (tertiary/aromatic N) is 2. The number of hydrogen-bond donors (Lipinski definition) is 4. The molecular formula is C13H22N6O2. The van der Waals surface area contributed by atoms with Crippen molar-refractivity contribution in [3.63, 3.8) is 0 Å². The maximum absolute atomic E-state index is 10.1. The molecule has 116 valence electrons. The van der Waals surface area contributed by atoms with Crippen LogP contribution in [0.5, 0.6) is 0 Å². The van der Waals surface area contributed by atoms with E-state index in [0.29, 0.717) is 13.1 Å². The van der Waals surface area contributed by atoms with Crippen LogP contribution < -0.4 is 22.2 Å². The van der Waals surface area contributed by atoms with Gasteiger partial charge >= 0.3 is 0 Å². The van der Waals surface area contributed by atoms with Gasteiger partial charge in [-0.25, -0.2) is 15.1 Å². The molecule has 1 rings (SSSR count). The number of hydrazine groups is 1. The van der Waals surface area contributed by atoms with Crippen molar-refractivity contribution in [2.24, 2.45) is 16.5 Å². The number of rotatable bonds is 9. The molecule has 0 spiro atoms. The van der Waals surface area contributed by atoms with Crippen LogP contribution in [-0.4, -0.2) is 30.1 Å². The van der Waals surface area contributed by atoms with Crippen molar-refractivity contribution in [3.05, 3.63) is 46.0 Å². The molecule has 0 amide bonds. The minimum atomic E-state index is -0.738. The zero-order valence-corrected chi connectivity index (χ0v) is 11.9. The first-order valence-electron chi connectivity index (χ1n) is 6.79. The van der Waals surface area contributed by atoms with Gasteiger partial charge in [-0.2, -0.15) is 0 Å². The van der Waals surface area contributed by atoms with Crippen molar-refractivity contribution >= 4 is 5.96 Å². The molecule has 0 saturated heterocycles. The van der Waals surface area contributed by atoms with Crippen molar-refractivity contribution in [1.29, 1.82) is 0 Å². The summed E-state index contributed by atoms with van der Waals surface area (Å²) in [5.41, 5.74) is 14.3. The van der Waals surface area contributed by atoms with Gasteiger partial charge in [0, 0.05) is 25.7 Å². The molecule has 8 nitrogen and oxygen atoms in total. The molecule has 1 aromatic carbocycles. The highest BCUT2D eigenvalue weighted by atomic mass is 16.7. The van der Waals surface area contributed by atoms with Crippen molar-refractivity contribution in [2.45, 2.75) is 25.4 Å². The zero-order chi connectivity index (χ0) is 15.5. The highest BCUT2D eigenvalue weighted by Gasteiger charge is 2.03. The Labute approximate surface area is 123 Å². The minimum absolute atomic E-state index is 0.0219. The minimum Gasteiger partial charge on any atom is -0.365 e. The molecule has 0 fully saturated rings. The lowest BCUT2D eigenvalue weighted by molar-refractivity contribution is -0.525. The van der Waals surface area contributed by atoms with Crippen LogP contribution in [0, 0.1) is 10.1 Å². The summed E-state index contributed by atoms with van der Waals surface area (Å²) in [4.78, 5) is 13.9. The molecule has 0 radical (unpaired) electrons. The molecule has 0 heterocycles. The lowest BCUT2D eigenvalue weighted by Crippen LogP contribution is -2.36. The Morgan fingerprint density at radius 2 is 2.10 bits per heavy atom. The Morgan fingerprint density at radius 3 is 2.76 bits per heavy atom. The first-order valence-corrected chi connectivity index (χ1v) is 6.79. The van der Waals surface area contributed by atoms with E-state index in [1.54, 1.807) is 5.43 Å². The second-order valence-electron chi connectivity index (χ2n) is 4.65. The van der Waals surface area contributed by atoms with E-state index in [2.05, 4.69) is 22.4 Å². The fraction of sp³-hybridized carbons (Fsp3) is 0.462. The number of benzene rings is 1. The van der Waals surface area contributed by atoms with E-state index < -0.39 is 5.03 Å². The summed E-state index contributed by atoms with van der Waals surface area (Å²) >= 11 is 0. The third kappa shape index (κ3) is 8.56. The van der Waals surface area contributed by atoms with Gasteiger partial charge in [0.25, 0.3) is 5.96 Å². The van der Waals surface area contributed by atoms with Crippen LogP contribution in [0.25, 0.3) is 0 Å². The van der Waals surface area contributed by atoms with E-state index in [1.807, 2.05) is 18.2 Å². The van der Waals surface area contributed by atoms with Crippen molar-refractivity contribution in [3.8, 4) is 0 Å².